The van der Waals surface area contributed by atoms with Crippen LogP contribution < -0.4 is 10.6 Å². The average Bonchev–Trinajstić information content (AvgIpc) is 3.03. The van der Waals surface area contributed by atoms with Gasteiger partial charge in [-0.25, -0.2) is 0 Å². The first kappa shape index (κ1) is 18.5. The molecule has 4 bridgehead atoms. The summed E-state index contributed by atoms with van der Waals surface area (Å²) in [4.78, 5) is 24.8. The number of nitrogens with one attached hydrogen (secondary N) is 2. The van der Waals surface area contributed by atoms with Gasteiger partial charge in [0.1, 0.15) is 0 Å². The van der Waals surface area contributed by atoms with Crippen molar-refractivity contribution in [1.82, 2.24) is 20.4 Å². The van der Waals surface area contributed by atoms with E-state index in [0.29, 0.717) is 19.5 Å². The number of nitrogens with zero attached hydrogens (tertiary/aromatic N) is 2. The first-order valence-corrected chi connectivity index (χ1v) is 10.6. The van der Waals surface area contributed by atoms with Crippen molar-refractivity contribution >= 4 is 11.8 Å². The summed E-state index contributed by atoms with van der Waals surface area (Å²) in [5, 5.41) is 10.2. The van der Waals surface area contributed by atoms with Gasteiger partial charge in [-0.3, -0.25) is 14.3 Å². The van der Waals surface area contributed by atoms with E-state index in [1.54, 1.807) is 0 Å². The Morgan fingerprint density at radius 3 is 2.37 bits per heavy atom. The lowest BCUT2D eigenvalue weighted by molar-refractivity contribution is -0.146. The number of hydrogen-bond donors (Lipinski definition) is 2. The molecule has 4 aliphatic carbocycles. The lowest BCUT2D eigenvalue weighted by atomic mass is 9.49. The third kappa shape index (κ3) is 4.19. The SMILES string of the molecule is Cc1cnn(CCCNC(=O)CCNC(=O)C23CC4CC(CC(C4)C2)C3)c1. The maximum absolute atomic E-state index is 12.8. The van der Waals surface area contributed by atoms with Crippen LogP contribution in [0.2, 0.25) is 0 Å². The Morgan fingerprint density at radius 1 is 1.11 bits per heavy atom. The summed E-state index contributed by atoms with van der Waals surface area (Å²) in [5.74, 6) is 2.53. The van der Waals surface area contributed by atoms with Crippen molar-refractivity contribution in [2.45, 2.75) is 64.8 Å². The molecule has 6 nitrogen and oxygen atoms in total. The molecule has 0 aromatic carbocycles. The van der Waals surface area contributed by atoms with Crippen molar-refractivity contribution in [3.63, 3.8) is 0 Å². The maximum Gasteiger partial charge on any atom is 0.226 e. The fourth-order valence-electron chi connectivity index (χ4n) is 6.01. The van der Waals surface area contributed by atoms with Gasteiger partial charge in [0.25, 0.3) is 0 Å². The minimum atomic E-state index is -0.118. The summed E-state index contributed by atoms with van der Waals surface area (Å²) in [6.07, 6.45) is 12.3. The van der Waals surface area contributed by atoms with E-state index in [1.807, 2.05) is 24.0 Å². The number of hydrogen-bond acceptors (Lipinski definition) is 3. The molecule has 1 aromatic rings. The van der Waals surface area contributed by atoms with E-state index in [9.17, 15) is 9.59 Å². The molecule has 0 saturated heterocycles. The van der Waals surface area contributed by atoms with Crippen LogP contribution in [0.5, 0.6) is 0 Å². The van der Waals surface area contributed by atoms with Crippen LogP contribution in [-0.4, -0.2) is 34.7 Å². The predicted octanol–water partition coefficient (Wildman–Crippen LogP) is 2.42. The van der Waals surface area contributed by atoms with Crippen LogP contribution in [0.4, 0.5) is 0 Å². The lowest BCUT2D eigenvalue weighted by Gasteiger charge is -2.55. The van der Waals surface area contributed by atoms with Crippen LogP contribution in [0.15, 0.2) is 12.4 Å². The predicted molar refractivity (Wildman–Crippen MR) is 103 cm³/mol. The summed E-state index contributed by atoms with van der Waals surface area (Å²) in [6, 6.07) is 0. The molecule has 2 N–H and O–H groups in total. The molecule has 148 valence electrons. The van der Waals surface area contributed by atoms with Crippen LogP contribution in [0, 0.1) is 30.1 Å². The molecule has 1 heterocycles. The van der Waals surface area contributed by atoms with E-state index >= 15 is 0 Å². The monoisotopic (exact) mass is 372 g/mol. The summed E-state index contributed by atoms with van der Waals surface area (Å²) in [5.41, 5.74) is 1.03. The Labute approximate surface area is 161 Å². The number of carbonyl (C=O) groups is 2. The van der Waals surface area contributed by atoms with E-state index in [-0.39, 0.29) is 17.2 Å². The second-order valence-electron chi connectivity index (χ2n) is 9.19. The van der Waals surface area contributed by atoms with Gasteiger partial charge >= 0.3 is 0 Å². The number of amides is 2. The number of aryl methyl sites for hydroxylation is 2. The molecule has 4 fully saturated rings. The Balaban J connectivity index is 1.13. The van der Waals surface area contributed by atoms with Gasteiger partial charge in [-0.2, -0.15) is 5.10 Å². The molecule has 0 spiro atoms. The topological polar surface area (TPSA) is 76.0 Å². The van der Waals surface area contributed by atoms with E-state index in [4.69, 9.17) is 0 Å². The first-order chi connectivity index (χ1) is 13.0. The summed E-state index contributed by atoms with van der Waals surface area (Å²) in [7, 11) is 0. The summed E-state index contributed by atoms with van der Waals surface area (Å²) < 4.78 is 1.90. The average molecular weight is 373 g/mol. The van der Waals surface area contributed by atoms with Gasteiger partial charge in [-0.15, -0.1) is 0 Å². The standard InChI is InChI=1S/C21H32N4O2/c1-15-13-24-25(14-15)6-2-4-22-19(26)3-5-23-20(27)21-10-16-7-17(11-21)9-18(8-16)12-21/h13-14,16-18H,2-12H2,1H3,(H,22,26)(H,23,27). The molecule has 1 aromatic heterocycles. The second-order valence-corrected chi connectivity index (χ2v) is 9.19. The maximum atomic E-state index is 12.8. The van der Waals surface area contributed by atoms with Crippen molar-refractivity contribution in [2.75, 3.05) is 13.1 Å². The van der Waals surface area contributed by atoms with Crippen molar-refractivity contribution < 1.29 is 9.59 Å². The minimum Gasteiger partial charge on any atom is -0.356 e. The number of carbonyl (C=O) groups excluding carboxylic acids is 2. The molecule has 5 rings (SSSR count). The molecular formula is C21H32N4O2. The van der Waals surface area contributed by atoms with Crippen LogP contribution >= 0.6 is 0 Å². The molecule has 4 aliphatic rings. The molecular weight excluding hydrogens is 340 g/mol. The van der Waals surface area contributed by atoms with Gasteiger partial charge in [0, 0.05) is 37.7 Å². The molecule has 2 amide bonds. The van der Waals surface area contributed by atoms with Gasteiger partial charge in [-0.05, 0) is 75.2 Å². The molecule has 0 aliphatic heterocycles. The molecule has 0 atom stereocenters. The van der Waals surface area contributed by atoms with E-state index in [1.165, 1.54) is 19.3 Å². The van der Waals surface area contributed by atoms with Gasteiger partial charge in [-0.1, -0.05) is 0 Å². The van der Waals surface area contributed by atoms with Crippen LogP contribution in [0.1, 0.15) is 56.9 Å². The number of aromatic nitrogens is 2. The van der Waals surface area contributed by atoms with Crippen LogP contribution in [0.25, 0.3) is 0 Å². The van der Waals surface area contributed by atoms with Gasteiger partial charge < -0.3 is 10.6 Å². The Kier molecular flexibility index (Phi) is 5.24. The smallest absolute Gasteiger partial charge is 0.226 e. The zero-order valence-electron chi connectivity index (χ0n) is 16.4. The molecule has 27 heavy (non-hydrogen) atoms. The van der Waals surface area contributed by atoms with Gasteiger partial charge in [0.2, 0.25) is 11.8 Å². The van der Waals surface area contributed by atoms with Gasteiger partial charge in [0.05, 0.1) is 6.20 Å². The zero-order chi connectivity index (χ0) is 18.9. The highest BCUT2D eigenvalue weighted by atomic mass is 16.2. The quantitative estimate of drug-likeness (QED) is 0.688. The largest absolute Gasteiger partial charge is 0.356 e. The third-order valence-electron chi connectivity index (χ3n) is 6.81. The fraction of sp³-hybridized carbons (Fsp3) is 0.762. The van der Waals surface area contributed by atoms with Crippen molar-refractivity contribution in [3.05, 3.63) is 18.0 Å². The van der Waals surface area contributed by atoms with Gasteiger partial charge in [0.15, 0.2) is 0 Å². The van der Waals surface area contributed by atoms with E-state index in [0.717, 1.165) is 55.5 Å². The Bertz CT molecular complexity index is 661. The van der Waals surface area contributed by atoms with Crippen molar-refractivity contribution in [3.8, 4) is 0 Å². The van der Waals surface area contributed by atoms with E-state index < -0.39 is 0 Å². The number of rotatable bonds is 8. The summed E-state index contributed by atoms with van der Waals surface area (Å²) >= 11 is 0. The molecule has 6 heteroatoms. The highest BCUT2D eigenvalue weighted by Gasteiger charge is 2.54. The molecule has 4 saturated carbocycles. The van der Waals surface area contributed by atoms with Crippen molar-refractivity contribution in [2.24, 2.45) is 23.2 Å². The van der Waals surface area contributed by atoms with E-state index in [2.05, 4.69) is 15.7 Å². The fourth-order valence-corrected chi connectivity index (χ4v) is 6.01. The summed E-state index contributed by atoms with van der Waals surface area (Å²) in [6.45, 7) is 3.91. The highest BCUT2D eigenvalue weighted by molar-refractivity contribution is 5.84. The third-order valence-corrected chi connectivity index (χ3v) is 6.81. The van der Waals surface area contributed by atoms with Crippen molar-refractivity contribution in [1.29, 1.82) is 0 Å². The first-order valence-electron chi connectivity index (χ1n) is 10.6. The van der Waals surface area contributed by atoms with Crippen LogP contribution in [0.3, 0.4) is 0 Å². The lowest BCUT2D eigenvalue weighted by Crippen LogP contribution is -2.53. The van der Waals surface area contributed by atoms with Crippen LogP contribution in [-0.2, 0) is 16.1 Å². The molecule has 0 unspecified atom stereocenters. The Hall–Kier alpha value is -1.85. The second kappa shape index (κ2) is 7.64. The highest BCUT2D eigenvalue weighted by Crippen LogP contribution is 2.60. The normalized spacial score (nSPS) is 31.1. The zero-order valence-corrected chi connectivity index (χ0v) is 16.4. The molecule has 0 radical (unpaired) electrons. The Morgan fingerprint density at radius 2 is 1.78 bits per heavy atom. The minimum absolute atomic E-state index is 0.0115.